The molecule has 3 N–H and O–H groups in total. The molecular formula is C13H17N5O. The molecule has 0 radical (unpaired) electrons. The Kier molecular flexibility index (Phi) is 2.94. The molecule has 1 aliphatic carbocycles. The zero-order valence-corrected chi connectivity index (χ0v) is 10.8. The van der Waals surface area contributed by atoms with Crippen LogP contribution < -0.4 is 11.1 Å². The van der Waals surface area contributed by atoms with Crippen molar-refractivity contribution in [3.8, 4) is 0 Å². The third-order valence-corrected chi connectivity index (χ3v) is 3.56. The molecule has 2 aromatic heterocycles. The molecular weight excluding hydrogens is 242 g/mol. The second-order valence-electron chi connectivity index (χ2n) is 5.10. The lowest BCUT2D eigenvalue weighted by molar-refractivity contribution is 0.0950. The van der Waals surface area contributed by atoms with Crippen molar-refractivity contribution in [1.82, 2.24) is 19.9 Å². The fourth-order valence-electron chi connectivity index (χ4n) is 2.14. The fourth-order valence-corrected chi connectivity index (χ4v) is 2.14. The number of carbonyl (C=O) groups is 1. The van der Waals surface area contributed by atoms with Gasteiger partial charge in [-0.1, -0.05) is 0 Å². The van der Waals surface area contributed by atoms with Crippen LogP contribution in [0.5, 0.6) is 0 Å². The third kappa shape index (κ3) is 2.44. The number of nitrogens with zero attached hydrogens (tertiary/aromatic N) is 3. The van der Waals surface area contributed by atoms with Gasteiger partial charge in [-0.15, -0.1) is 10.2 Å². The Morgan fingerprint density at radius 3 is 3.05 bits per heavy atom. The van der Waals surface area contributed by atoms with Gasteiger partial charge in [-0.3, -0.25) is 9.20 Å². The number of rotatable bonds is 4. The molecule has 2 aromatic rings. The summed E-state index contributed by atoms with van der Waals surface area (Å²) in [5.41, 5.74) is 7.30. The minimum atomic E-state index is -0.105. The van der Waals surface area contributed by atoms with E-state index in [0.717, 1.165) is 11.5 Å². The monoisotopic (exact) mass is 259 g/mol. The van der Waals surface area contributed by atoms with Gasteiger partial charge in [0.15, 0.2) is 5.65 Å². The Morgan fingerprint density at radius 2 is 2.32 bits per heavy atom. The van der Waals surface area contributed by atoms with Crippen molar-refractivity contribution in [2.75, 3.05) is 6.54 Å². The Morgan fingerprint density at radius 1 is 1.53 bits per heavy atom. The summed E-state index contributed by atoms with van der Waals surface area (Å²) in [6.45, 7) is 2.38. The third-order valence-electron chi connectivity index (χ3n) is 3.56. The van der Waals surface area contributed by atoms with Gasteiger partial charge in [-0.2, -0.15) is 0 Å². The number of aryl methyl sites for hydroxylation is 1. The standard InChI is InChI=1S/C13H17N5O/c1-8-16-17-12-5-4-10(7-18(8)12)13(19)15-6-11(14)9-2-3-9/h4-5,7,9,11H,2-3,6,14H2,1H3,(H,15,19). The van der Waals surface area contributed by atoms with Crippen molar-refractivity contribution >= 4 is 11.6 Å². The van der Waals surface area contributed by atoms with Crippen molar-refractivity contribution in [3.05, 3.63) is 29.7 Å². The van der Waals surface area contributed by atoms with E-state index in [9.17, 15) is 4.79 Å². The molecule has 1 saturated carbocycles. The van der Waals surface area contributed by atoms with E-state index in [1.54, 1.807) is 22.7 Å². The van der Waals surface area contributed by atoms with Crippen LogP contribution in [0.15, 0.2) is 18.3 Å². The van der Waals surface area contributed by atoms with Crippen molar-refractivity contribution in [1.29, 1.82) is 0 Å². The molecule has 1 amide bonds. The molecule has 0 aliphatic heterocycles. The first kappa shape index (κ1) is 12.1. The van der Waals surface area contributed by atoms with Crippen LogP contribution >= 0.6 is 0 Å². The number of pyridine rings is 1. The minimum absolute atomic E-state index is 0.0735. The first-order valence-electron chi connectivity index (χ1n) is 6.50. The van der Waals surface area contributed by atoms with Crippen LogP contribution in [0.2, 0.25) is 0 Å². The molecule has 1 fully saturated rings. The number of fused-ring (bicyclic) bond motifs is 1. The van der Waals surface area contributed by atoms with Crippen LogP contribution in [0.25, 0.3) is 5.65 Å². The van der Waals surface area contributed by atoms with Crippen LogP contribution in [0, 0.1) is 12.8 Å². The lowest BCUT2D eigenvalue weighted by atomic mass is 10.2. The molecule has 0 aromatic carbocycles. The highest BCUT2D eigenvalue weighted by atomic mass is 16.1. The highest BCUT2D eigenvalue weighted by Crippen LogP contribution is 2.31. The number of hydrogen-bond acceptors (Lipinski definition) is 4. The van der Waals surface area contributed by atoms with E-state index in [0.29, 0.717) is 18.0 Å². The number of nitrogens with two attached hydrogens (primary N) is 1. The lowest BCUT2D eigenvalue weighted by Crippen LogP contribution is -2.38. The van der Waals surface area contributed by atoms with Gasteiger partial charge in [0.05, 0.1) is 5.56 Å². The normalized spacial score (nSPS) is 16.5. The highest BCUT2D eigenvalue weighted by molar-refractivity contribution is 5.94. The Labute approximate surface area is 111 Å². The predicted octanol–water partition coefficient (Wildman–Crippen LogP) is 0.505. The molecule has 2 heterocycles. The summed E-state index contributed by atoms with van der Waals surface area (Å²) in [4.78, 5) is 12.0. The Balaban J connectivity index is 1.71. The van der Waals surface area contributed by atoms with Gasteiger partial charge in [0.25, 0.3) is 5.91 Å². The Bertz CT molecular complexity index is 617. The van der Waals surface area contributed by atoms with Crippen molar-refractivity contribution in [2.45, 2.75) is 25.8 Å². The SMILES string of the molecule is Cc1nnc2ccc(C(=O)NCC(N)C3CC3)cn12. The quantitative estimate of drug-likeness (QED) is 0.837. The maximum Gasteiger partial charge on any atom is 0.252 e. The minimum Gasteiger partial charge on any atom is -0.350 e. The summed E-state index contributed by atoms with van der Waals surface area (Å²) < 4.78 is 1.80. The number of amides is 1. The van der Waals surface area contributed by atoms with E-state index in [1.165, 1.54) is 12.8 Å². The summed E-state index contributed by atoms with van der Waals surface area (Å²) in [6, 6.07) is 3.61. The maximum absolute atomic E-state index is 12.0. The average Bonchev–Trinajstić information content (AvgIpc) is 3.21. The van der Waals surface area contributed by atoms with Crippen molar-refractivity contribution in [3.63, 3.8) is 0 Å². The molecule has 6 heteroatoms. The largest absolute Gasteiger partial charge is 0.350 e. The topological polar surface area (TPSA) is 85.3 Å². The summed E-state index contributed by atoms with van der Waals surface area (Å²) >= 11 is 0. The zero-order valence-electron chi connectivity index (χ0n) is 10.8. The van der Waals surface area contributed by atoms with Crippen molar-refractivity contribution < 1.29 is 4.79 Å². The van der Waals surface area contributed by atoms with Gasteiger partial charge in [0.1, 0.15) is 5.82 Å². The lowest BCUT2D eigenvalue weighted by Gasteiger charge is -2.11. The predicted molar refractivity (Wildman–Crippen MR) is 70.8 cm³/mol. The van der Waals surface area contributed by atoms with E-state index >= 15 is 0 Å². The molecule has 3 rings (SSSR count). The summed E-state index contributed by atoms with van der Waals surface area (Å²) in [7, 11) is 0. The number of carbonyl (C=O) groups excluding carboxylic acids is 1. The van der Waals surface area contributed by atoms with Gasteiger partial charge in [-0.25, -0.2) is 0 Å². The van der Waals surface area contributed by atoms with Gasteiger partial charge in [0.2, 0.25) is 0 Å². The molecule has 6 nitrogen and oxygen atoms in total. The van der Waals surface area contributed by atoms with Crippen LogP contribution in [0.3, 0.4) is 0 Å². The Hall–Kier alpha value is -1.95. The van der Waals surface area contributed by atoms with Gasteiger partial charge >= 0.3 is 0 Å². The van der Waals surface area contributed by atoms with Gasteiger partial charge in [-0.05, 0) is 37.8 Å². The average molecular weight is 259 g/mol. The molecule has 1 unspecified atom stereocenters. The smallest absolute Gasteiger partial charge is 0.252 e. The first-order valence-corrected chi connectivity index (χ1v) is 6.50. The molecule has 1 aliphatic rings. The zero-order chi connectivity index (χ0) is 13.4. The summed E-state index contributed by atoms with van der Waals surface area (Å²) in [6.07, 6.45) is 4.12. The molecule has 0 bridgehead atoms. The van der Waals surface area contributed by atoms with Crippen LogP contribution in [0.4, 0.5) is 0 Å². The highest BCUT2D eigenvalue weighted by Gasteiger charge is 2.28. The van der Waals surface area contributed by atoms with E-state index in [4.69, 9.17) is 5.73 Å². The van der Waals surface area contributed by atoms with Crippen LogP contribution in [-0.2, 0) is 0 Å². The second-order valence-corrected chi connectivity index (χ2v) is 5.10. The summed E-state index contributed by atoms with van der Waals surface area (Å²) in [5.74, 6) is 1.24. The van der Waals surface area contributed by atoms with Crippen LogP contribution in [-0.4, -0.2) is 33.1 Å². The van der Waals surface area contributed by atoms with Crippen molar-refractivity contribution in [2.24, 2.45) is 11.7 Å². The van der Waals surface area contributed by atoms with E-state index < -0.39 is 0 Å². The second kappa shape index (κ2) is 4.62. The number of hydrogen-bond donors (Lipinski definition) is 2. The van der Waals surface area contributed by atoms with Gasteiger partial charge < -0.3 is 11.1 Å². The van der Waals surface area contributed by atoms with Crippen LogP contribution in [0.1, 0.15) is 29.0 Å². The molecule has 100 valence electrons. The first-order chi connectivity index (χ1) is 9.15. The van der Waals surface area contributed by atoms with E-state index in [-0.39, 0.29) is 11.9 Å². The number of nitrogens with one attached hydrogen (secondary N) is 1. The molecule has 0 saturated heterocycles. The molecule has 1 atom stereocenters. The van der Waals surface area contributed by atoms with E-state index in [1.807, 2.05) is 6.92 Å². The van der Waals surface area contributed by atoms with E-state index in [2.05, 4.69) is 15.5 Å². The maximum atomic E-state index is 12.0. The summed E-state index contributed by atoms with van der Waals surface area (Å²) in [5, 5.41) is 10.8. The molecule has 19 heavy (non-hydrogen) atoms. The number of aromatic nitrogens is 3. The van der Waals surface area contributed by atoms with Gasteiger partial charge in [0, 0.05) is 18.8 Å². The molecule has 0 spiro atoms. The fraction of sp³-hybridized carbons (Fsp3) is 0.462.